The van der Waals surface area contributed by atoms with E-state index in [-0.39, 0.29) is 17.7 Å². The second-order valence-electron chi connectivity index (χ2n) is 7.13. The normalized spacial score (nSPS) is 20.3. The van der Waals surface area contributed by atoms with Gasteiger partial charge in [-0.3, -0.25) is 5.10 Å². The highest BCUT2D eigenvalue weighted by Gasteiger charge is 2.31. The number of H-pyrrole nitrogens is 1. The van der Waals surface area contributed by atoms with Crippen LogP contribution in [0.25, 0.3) is 11.3 Å². The van der Waals surface area contributed by atoms with Gasteiger partial charge in [0.15, 0.2) is 0 Å². The summed E-state index contributed by atoms with van der Waals surface area (Å²) in [6.07, 6.45) is -3.53. The molecule has 146 valence electrons. The Kier molecular flexibility index (Phi) is 4.93. The molecule has 0 amide bonds. The minimum absolute atomic E-state index is 0.113. The number of nitrogens with one attached hydrogen (secondary N) is 2. The largest absolute Gasteiger partial charge is 0.416 e. The van der Waals surface area contributed by atoms with Gasteiger partial charge >= 0.3 is 6.18 Å². The summed E-state index contributed by atoms with van der Waals surface area (Å²) in [5, 5.41) is 10.7. The van der Waals surface area contributed by atoms with E-state index in [1.54, 1.807) is 24.3 Å². The first-order valence-electron chi connectivity index (χ1n) is 9.09. The number of alkyl halides is 3. The van der Waals surface area contributed by atoms with Crippen molar-refractivity contribution < 1.29 is 17.6 Å². The molecule has 0 aliphatic carbocycles. The summed E-state index contributed by atoms with van der Waals surface area (Å²) in [6.45, 7) is 1.47. The van der Waals surface area contributed by atoms with Crippen molar-refractivity contribution in [2.75, 3.05) is 13.1 Å². The summed E-state index contributed by atoms with van der Waals surface area (Å²) in [6, 6.07) is 13.6. The molecular formula is C21H19F4N3. The fraction of sp³-hybridized carbons (Fsp3) is 0.286. The van der Waals surface area contributed by atoms with Crippen molar-refractivity contribution >= 4 is 0 Å². The first-order chi connectivity index (χ1) is 13.4. The Hall–Kier alpha value is -2.67. The SMILES string of the molecule is Fc1cccc(-c2cc(C3CNCC(c4ccc(C(F)(F)F)cc4)C3)[nH]n2)c1. The summed E-state index contributed by atoms with van der Waals surface area (Å²) < 4.78 is 51.7. The summed E-state index contributed by atoms with van der Waals surface area (Å²) in [7, 11) is 0. The second-order valence-corrected chi connectivity index (χ2v) is 7.13. The second kappa shape index (κ2) is 7.39. The predicted octanol–water partition coefficient (Wildman–Crippen LogP) is 5.10. The number of piperidine rings is 1. The topological polar surface area (TPSA) is 40.7 Å². The fourth-order valence-corrected chi connectivity index (χ4v) is 3.72. The lowest BCUT2D eigenvalue weighted by Crippen LogP contribution is -2.34. The van der Waals surface area contributed by atoms with E-state index in [2.05, 4.69) is 15.5 Å². The van der Waals surface area contributed by atoms with Gasteiger partial charge in [-0.25, -0.2) is 4.39 Å². The highest BCUT2D eigenvalue weighted by atomic mass is 19.4. The van der Waals surface area contributed by atoms with Crippen LogP contribution in [0.15, 0.2) is 54.6 Å². The zero-order chi connectivity index (χ0) is 19.7. The number of aromatic nitrogens is 2. The van der Waals surface area contributed by atoms with Crippen LogP contribution in [0.2, 0.25) is 0 Å². The van der Waals surface area contributed by atoms with Crippen LogP contribution < -0.4 is 5.32 Å². The van der Waals surface area contributed by atoms with Crippen LogP contribution in [0.4, 0.5) is 17.6 Å². The van der Waals surface area contributed by atoms with E-state index in [9.17, 15) is 17.6 Å². The molecule has 3 aromatic rings. The molecule has 2 N–H and O–H groups in total. The van der Waals surface area contributed by atoms with Crippen LogP contribution in [0.1, 0.15) is 35.1 Å². The summed E-state index contributed by atoms with van der Waals surface area (Å²) in [4.78, 5) is 0. The van der Waals surface area contributed by atoms with Crippen LogP contribution in [-0.4, -0.2) is 23.3 Å². The maximum absolute atomic E-state index is 13.4. The lowest BCUT2D eigenvalue weighted by molar-refractivity contribution is -0.137. The van der Waals surface area contributed by atoms with Crippen LogP contribution in [0.3, 0.4) is 0 Å². The van der Waals surface area contributed by atoms with Gasteiger partial charge in [0, 0.05) is 30.3 Å². The van der Waals surface area contributed by atoms with Crippen molar-refractivity contribution in [2.45, 2.75) is 24.4 Å². The molecule has 2 aromatic carbocycles. The van der Waals surface area contributed by atoms with Gasteiger partial charge in [0.2, 0.25) is 0 Å². The van der Waals surface area contributed by atoms with Gasteiger partial charge in [0.25, 0.3) is 0 Å². The monoisotopic (exact) mass is 389 g/mol. The van der Waals surface area contributed by atoms with Crippen LogP contribution >= 0.6 is 0 Å². The third-order valence-corrected chi connectivity index (χ3v) is 5.22. The molecule has 1 fully saturated rings. The van der Waals surface area contributed by atoms with Gasteiger partial charge in [-0.15, -0.1) is 0 Å². The number of rotatable bonds is 3. The highest BCUT2D eigenvalue weighted by molar-refractivity contribution is 5.59. The maximum Gasteiger partial charge on any atom is 0.416 e. The van der Waals surface area contributed by atoms with Gasteiger partial charge in [-0.2, -0.15) is 18.3 Å². The molecule has 7 heteroatoms. The Morgan fingerprint density at radius 2 is 1.68 bits per heavy atom. The number of nitrogens with zero attached hydrogens (tertiary/aromatic N) is 1. The van der Waals surface area contributed by atoms with Crippen molar-refractivity contribution in [2.24, 2.45) is 0 Å². The Morgan fingerprint density at radius 3 is 2.39 bits per heavy atom. The molecule has 1 aromatic heterocycles. The van der Waals surface area contributed by atoms with E-state index in [0.717, 1.165) is 36.4 Å². The minimum atomic E-state index is -4.32. The number of hydrogen-bond acceptors (Lipinski definition) is 2. The molecule has 0 radical (unpaired) electrons. The molecule has 0 spiro atoms. The number of hydrogen-bond donors (Lipinski definition) is 2. The molecule has 1 aliphatic rings. The average molecular weight is 389 g/mol. The minimum Gasteiger partial charge on any atom is -0.315 e. The maximum atomic E-state index is 13.4. The summed E-state index contributed by atoms with van der Waals surface area (Å²) in [5.74, 6) is -0.0541. The molecule has 3 nitrogen and oxygen atoms in total. The third kappa shape index (κ3) is 3.94. The Labute approximate surface area is 159 Å². The quantitative estimate of drug-likeness (QED) is 0.612. The van der Waals surface area contributed by atoms with Gasteiger partial charge in [-0.05, 0) is 48.2 Å². The smallest absolute Gasteiger partial charge is 0.315 e. The Balaban J connectivity index is 1.50. The van der Waals surface area contributed by atoms with Crippen molar-refractivity contribution in [1.29, 1.82) is 0 Å². The Bertz CT molecular complexity index is 947. The van der Waals surface area contributed by atoms with Crippen LogP contribution in [-0.2, 0) is 6.18 Å². The molecule has 0 bridgehead atoms. The summed E-state index contributed by atoms with van der Waals surface area (Å²) >= 11 is 0. The molecule has 2 unspecified atom stereocenters. The van der Waals surface area contributed by atoms with Gasteiger partial charge in [0.05, 0.1) is 11.3 Å². The zero-order valence-corrected chi connectivity index (χ0v) is 14.9. The van der Waals surface area contributed by atoms with Crippen LogP contribution in [0.5, 0.6) is 0 Å². The number of aromatic amines is 1. The average Bonchev–Trinajstić information content (AvgIpc) is 3.18. The molecule has 0 saturated carbocycles. The highest BCUT2D eigenvalue weighted by Crippen LogP contribution is 2.35. The first-order valence-corrected chi connectivity index (χ1v) is 9.09. The molecule has 28 heavy (non-hydrogen) atoms. The summed E-state index contributed by atoms with van der Waals surface area (Å²) in [5.41, 5.74) is 2.56. The van der Waals surface area contributed by atoms with E-state index >= 15 is 0 Å². The molecule has 2 atom stereocenters. The molecule has 1 saturated heterocycles. The standard InChI is InChI=1S/C21H19F4N3/c22-18-3-1-2-14(9-18)19-10-20(28-27-19)16-8-15(11-26-12-16)13-4-6-17(7-5-13)21(23,24)25/h1-7,9-10,15-16,26H,8,11-12H2,(H,27,28). The van der Waals surface area contributed by atoms with Crippen molar-refractivity contribution in [3.63, 3.8) is 0 Å². The zero-order valence-electron chi connectivity index (χ0n) is 14.9. The van der Waals surface area contributed by atoms with E-state index in [0.29, 0.717) is 17.8 Å². The fourth-order valence-electron chi connectivity index (χ4n) is 3.72. The van der Waals surface area contributed by atoms with Crippen molar-refractivity contribution in [1.82, 2.24) is 15.5 Å². The van der Waals surface area contributed by atoms with Crippen LogP contribution in [0, 0.1) is 5.82 Å². The lowest BCUT2D eigenvalue weighted by Gasteiger charge is -2.29. The predicted molar refractivity (Wildman–Crippen MR) is 98.4 cm³/mol. The van der Waals surface area contributed by atoms with Gasteiger partial charge in [-0.1, -0.05) is 24.3 Å². The van der Waals surface area contributed by atoms with E-state index in [4.69, 9.17) is 0 Å². The van der Waals surface area contributed by atoms with E-state index < -0.39 is 11.7 Å². The van der Waals surface area contributed by atoms with Gasteiger partial charge in [0.1, 0.15) is 5.82 Å². The Morgan fingerprint density at radius 1 is 0.929 bits per heavy atom. The third-order valence-electron chi connectivity index (χ3n) is 5.22. The van der Waals surface area contributed by atoms with E-state index in [1.165, 1.54) is 12.1 Å². The number of benzene rings is 2. The molecular weight excluding hydrogens is 370 g/mol. The first kappa shape index (κ1) is 18.7. The molecule has 1 aliphatic heterocycles. The molecule has 2 heterocycles. The van der Waals surface area contributed by atoms with Crippen molar-refractivity contribution in [3.8, 4) is 11.3 Å². The number of halogens is 4. The molecule has 4 rings (SSSR count). The van der Waals surface area contributed by atoms with Crippen molar-refractivity contribution in [3.05, 3.63) is 77.2 Å². The van der Waals surface area contributed by atoms with E-state index in [1.807, 2.05) is 6.07 Å². The lowest BCUT2D eigenvalue weighted by atomic mass is 9.84. The van der Waals surface area contributed by atoms with Gasteiger partial charge < -0.3 is 5.32 Å².